The summed E-state index contributed by atoms with van der Waals surface area (Å²) in [7, 11) is 0. The first kappa shape index (κ1) is 14.1. The molecule has 1 atom stereocenters. The SMILES string of the molecule is Cc1ccc(Cl)c(NC(C)c2ccc3c(c2)OCCO3)c1. The molecule has 0 amide bonds. The van der Waals surface area contributed by atoms with E-state index in [2.05, 4.69) is 31.3 Å². The summed E-state index contributed by atoms with van der Waals surface area (Å²) in [6.07, 6.45) is 0. The Balaban J connectivity index is 1.82. The summed E-state index contributed by atoms with van der Waals surface area (Å²) in [5.74, 6) is 1.62. The summed E-state index contributed by atoms with van der Waals surface area (Å²) in [6.45, 7) is 5.36. The van der Waals surface area contributed by atoms with Crippen LogP contribution in [0.2, 0.25) is 5.02 Å². The Bertz CT molecular complexity index is 657. The van der Waals surface area contributed by atoms with Gasteiger partial charge < -0.3 is 14.8 Å². The molecule has 0 saturated carbocycles. The van der Waals surface area contributed by atoms with Crippen LogP contribution < -0.4 is 14.8 Å². The van der Waals surface area contributed by atoms with E-state index in [0.29, 0.717) is 13.2 Å². The van der Waals surface area contributed by atoms with Gasteiger partial charge in [0.2, 0.25) is 0 Å². The first-order chi connectivity index (χ1) is 10.1. The van der Waals surface area contributed by atoms with E-state index in [4.69, 9.17) is 21.1 Å². The van der Waals surface area contributed by atoms with Crippen molar-refractivity contribution < 1.29 is 9.47 Å². The Labute approximate surface area is 129 Å². The number of ether oxygens (including phenoxy) is 2. The number of hydrogen-bond acceptors (Lipinski definition) is 3. The van der Waals surface area contributed by atoms with E-state index in [9.17, 15) is 0 Å². The Hall–Kier alpha value is -1.87. The van der Waals surface area contributed by atoms with Gasteiger partial charge in [0.25, 0.3) is 0 Å². The molecule has 3 rings (SSSR count). The molecule has 0 aromatic heterocycles. The molecule has 1 N–H and O–H groups in total. The lowest BCUT2D eigenvalue weighted by Gasteiger charge is -2.22. The van der Waals surface area contributed by atoms with Gasteiger partial charge in [-0.1, -0.05) is 23.7 Å². The van der Waals surface area contributed by atoms with Gasteiger partial charge in [0.15, 0.2) is 11.5 Å². The van der Waals surface area contributed by atoms with Crippen LogP contribution >= 0.6 is 11.6 Å². The summed E-state index contributed by atoms with van der Waals surface area (Å²) in [4.78, 5) is 0. The summed E-state index contributed by atoms with van der Waals surface area (Å²) >= 11 is 6.24. The molecule has 1 aliphatic heterocycles. The van der Waals surface area contributed by atoms with Crippen LogP contribution in [0.3, 0.4) is 0 Å². The predicted molar refractivity (Wildman–Crippen MR) is 85.7 cm³/mol. The minimum Gasteiger partial charge on any atom is -0.486 e. The van der Waals surface area contributed by atoms with Crippen LogP contribution in [0.4, 0.5) is 5.69 Å². The molecule has 0 saturated heterocycles. The average Bonchev–Trinajstić information content (AvgIpc) is 2.50. The van der Waals surface area contributed by atoms with E-state index in [1.54, 1.807) is 0 Å². The van der Waals surface area contributed by atoms with Gasteiger partial charge in [0.1, 0.15) is 13.2 Å². The molecule has 1 heterocycles. The Kier molecular flexibility index (Phi) is 3.93. The van der Waals surface area contributed by atoms with Crippen molar-refractivity contribution in [2.24, 2.45) is 0 Å². The normalized spacial score (nSPS) is 14.6. The molecule has 4 heteroatoms. The van der Waals surface area contributed by atoms with Crippen molar-refractivity contribution in [1.29, 1.82) is 0 Å². The van der Waals surface area contributed by atoms with Crippen molar-refractivity contribution >= 4 is 17.3 Å². The highest BCUT2D eigenvalue weighted by Crippen LogP contribution is 2.34. The fraction of sp³-hybridized carbons (Fsp3) is 0.294. The fourth-order valence-electron chi connectivity index (χ4n) is 2.40. The zero-order valence-electron chi connectivity index (χ0n) is 12.2. The van der Waals surface area contributed by atoms with E-state index >= 15 is 0 Å². The lowest BCUT2D eigenvalue weighted by molar-refractivity contribution is 0.171. The van der Waals surface area contributed by atoms with Crippen LogP contribution in [0.1, 0.15) is 24.1 Å². The summed E-state index contributed by atoms with van der Waals surface area (Å²) in [6, 6.07) is 12.1. The van der Waals surface area contributed by atoms with Crippen LogP contribution in [0.15, 0.2) is 36.4 Å². The van der Waals surface area contributed by atoms with E-state index in [1.165, 1.54) is 5.56 Å². The highest BCUT2D eigenvalue weighted by Gasteiger charge is 2.15. The quantitative estimate of drug-likeness (QED) is 0.899. The second-order valence-corrected chi connectivity index (χ2v) is 5.66. The second-order valence-electron chi connectivity index (χ2n) is 5.25. The number of nitrogens with one attached hydrogen (secondary N) is 1. The monoisotopic (exact) mass is 303 g/mol. The number of aryl methyl sites for hydroxylation is 1. The zero-order chi connectivity index (χ0) is 14.8. The van der Waals surface area contributed by atoms with E-state index in [-0.39, 0.29) is 6.04 Å². The lowest BCUT2D eigenvalue weighted by atomic mass is 10.1. The topological polar surface area (TPSA) is 30.5 Å². The molecule has 0 spiro atoms. The minimum atomic E-state index is 0.125. The lowest BCUT2D eigenvalue weighted by Crippen LogP contribution is -2.16. The Morgan fingerprint density at radius 3 is 2.62 bits per heavy atom. The van der Waals surface area contributed by atoms with E-state index in [1.807, 2.05) is 24.3 Å². The van der Waals surface area contributed by atoms with Crippen LogP contribution in [0, 0.1) is 6.92 Å². The third-order valence-corrected chi connectivity index (χ3v) is 3.89. The van der Waals surface area contributed by atoms with Crippen molar-refractivity contribution in [3.05, 3.63) is 52.5 Å². The molecule has 110 valence electrons. The third-order valence-electron chi connectivity index (χ3n) is 3.56. The molecule has 21 heavy (non-hydrogen) atoms. The molecular weight excluding hydrogens is 286 g/mol. The third kappa shape index (κ3) is 3.08. The van der Waals surface area contributed by atoms with Gasteiger partial charge in [-0.15, -0.1) is 0 Å². The molecule has 3 nitrogen and oxygen atoms in total. The van der Waals surface area contributed by atoms with Gasteiger partial charge in [0, 0.05) is 6.04 Å². The number of fused-ring (bicyclic) bond motifs is 1. The predicted octanol–water partition coefficient (Wildman–Crippen LogP) is 4.59. The second kappa shape index (κ2) is 5.86. The first-order valence-corrected chi connectivity index (χ1v) is 7.43. The van der Waals surface area contributed by atoms with Gasteiger partial charge in [0.05, 0.1) is 10.7 Å². The molecule has 0 fully saturated rings. The maximum atomic E-state index is 6.24. The van der Waals surface area contributed by atoms with Crippen LogP contribution in [0.25, 0.3) is 0 Å². The van der Waals surface area contributed by atoms with Crippen molar-refractivity contribution in [2.75, 3.05) is 18.5 Å². The zero-order valence-corrected chi connectivity index (χ0v) is 12.9. The Morgan fingerprint density at radius 2 is 1.81 bits per heavy atom. The number of hydrogen-bond donors (Lipinski definition) is 1. The largest absolute Gasteiger partial charge is 0.486 e. The van der Waals surface area contributed by atoms with Crippen LogP contribution in [-0.4, -0.2) is 13.2 Å². The molecule has 0 aliphatic carbocycles. The van der Waals surface area contributed by atoms with Gasteiger partial charge in [-0.05, 0) is 49.2 Å². The molecule has 0 radical (unpaired) electrons. The van der Waals surface area contributed by atoms with Gasteiger partial charge in [-0.3, -0.25) is 0 Å². The van der Waals surface area contributed by atoms with Crippen molar-refractivity contribution in [3.8, 4) is 11.5 Å². The summed E-state index contributed by atoms with van der Waals surface area (Å²) in [5.41, 5.74) is 3.26. The maximum Gasteiger partial charge on any atom is 0.161 e. The smallest absolute Gasteiger partial charge is 0.161 e. The maximum absolute atomic E-state index is 6.24. The van der Waals surface area contributed by atoms with Gasteiger partial charge in [-0.2, -0.15) is 0 Å². The molecular formula is C17H18ClNO2. The average molecular weight is 304 g/mol. The van der Waals surface area contributed by atoms with Crippen molar-refractivity contribution in [3.63, 3.8) is 0 Å². The molecule has 0 bridgehead atoms. The highest BCUT2D eigenvalue weighted by molar-refractivity contribution is 6.33. The summed E-state index contributed by atoms with van der Waals surface area (Å²) < 4.78 is 11.2. The Morgan fingerprint density at radius 1 is 1.05 bits per heavy atom. The van der Waals surface area contributed by atoms with Crippen molar-refractivity contribution in [2.45, 2.75) is 19.9 Å². The van der Waals surface area contributed by atoms with E-state index < -0.39 is 0 Å². The number of rotatable bonds is 3. The number of halogens is 1. The number of benzene rings is 2. The highest BCUT2D eigenvalue weighted by atomic mass is 35.5. The van der Waals surface area contributed by atoms with Crippen LogP contribution in [0.5, 0.6) is 11.5 Å². The molecule has 2 aromatic rings. The van der Waals surface area contributed by atoms with Gasteiger partial charge in [-0.25, -0.2) is 0 Å². The molecule has 2 aromatic carbocycles. The number of anilines is 1. The fourth-order valence-corrected chi connectivity index (χ4v) is 2.57. The minimum absolute atomic E-state index is 0.125. The standard InChI is InChI=1S/C17H18ClNO2/c1-11-3-5-14(18)15(9-11)19-12(2)13-4-6-16-17(10-13)21-8-7-20-16/h3-6,9-10,12,19H,7-8H2,1-2H3. The van der Waals surface area contributed by atoms with Crippen LogP contribution in [-0.2, 0) is 0 Å². The first-order valence-electron chi connectivity index (χ1n) is 7.06. The molecule has 1 aliphatic rings. The summed E-state index contributed by atoms with van der Waals surface area (Å²) in [5, 5.41) is 4.17. The molecule has 1 unspecified atom stereocenters. The van der Waals surface area contributed by atoms with Gasteiger partial charge >= 0.3 is 0 Å². The van der Waals surface area contributed by atoms with Crippen molar-refractivity contribution in [1.82, 2.24) is 0 Å². The van der Waals surface area contributed by atoms with E-state index in [0.717, 1.165) is 27.8 Å².